The number of aromatic nitrogens is 2. The van der Waals surface area contributed by atoms with Crippen LogP contribution in [0.5, 0.6) is 0 Å². The average Bonchev–Trinajstić information content (AvgIpc) is 3.10. The first-order valence-electron chi connectivity index (χ1n) is 7.47. The van der Waals surface area contributed by atoms with Gasteiger partial charge < -0.3 is 5.73 Å². The van der Waals surface area contributed by atoms with Gasteiger partial charge in [-0.15, -0.1) is 0 Å². The monoisotopic (exact) mass is 297 g/mol. The van der Waals surface area contributed by atoms with Gasteiger partial charge in [-0.25, -0.2) is 8.42 Å². The maximum atomic E-state index is 11.7. The Hall–Kier alpha value is -0.880. The van der Waals surface area contributed by atoms with E-state index in [1.807, 2.05) is 12.3 Å². The van der Waals surface area contributed by atoms with Gasteiger partial charge in [0.05, 0.1) is 23.2 Å². The highest BCUT2D eigenvalue weighted by Crippen LogP contribution is 2.35. The first-order valence-corrected chi connectivity index (χ1v) is 9.29. The number of nitrogens with two attached hydrogens (primary N) is 1. The zero-order valence-corrected chi connectivity index (χ0v) is 12.6. The fraction of sp³-hybridized carbons (Fsp3) is 0.786. The fourth-order valence-corrected chi connectivity index (χ4v) is 5.77. The minimum atomic E-state index is -2.91. The molecular formula is C14H23N3O2S. The molecule has 1 aromatic heterocycles. The van der Waals surface area contributed by atoms with Gasteiger partial charge in [0.1, 0.15) is 0 Å². The Morgan fingerprint density at radius 2 is 2.15 bits per heavy atom. The van der Waals surface area contributed by atoms with Crippen LogP contribution in [0.2, 0.25) is 0 Å². The quantitative estimate of drug-likeness (QED) is 0.908. The van der Waals surface area contributed by atoms with E-state index in [0.717, 1.165) is 5.69 Å². The molecule has 1 saturated heterocycles. The molecule has 2 aliphatic rings. The third-order valence-electron chi connectivity index (χ3n) is 4.82. The van der Waals surface area contributed by atoms with Crippen molar-refractivity contribution in [3.05, 3.63) is 18.0 Å². The minimum Gasteiger partial charge on any atom is -0.330 e. The van der Waals surface area contributed by atoms with E-state index < -0.39 is 9.84 Å². The molecule has 0 spiro atoms. The van der Waals surface area contributed by atoms with E-state index in [-0.39, 0.29) is 16.9 Å². The number of nitrogens with zero attached hydrogens (tertiary/aromatic N) is 2. The summed E-state index contributed by atoms with van der Waals surface area (Å²) in [4.78, 5) is 0. The highest BCUT2D eigenvalue weighted by molar-refractivity contribution is 7.91. The molecule has 0 radical (unpaired) electrons. The van der Waals surface area contributed by atoms with E-state index in [2.05, 4.69) is 9.78 Å². The van der Waals surface area contributed by atoms with Gasteiger partial charge in [0.2, 0.25) is 0 Å². The third-order valence-corrected chi connectivity index (χ3v) is 6.70. The molecule has 112 valence electrons. The molecule has 0 amide bonds. The molecular weight excluding hydrogens is 274 g/mol. The van der Waals surface area contributed by atoms with Crippen molar-refractivity contribution >= 4 is 9.84 Å². The number of sulfone groups is 1. The number of hydrogen-bond acceptors (Lipinski definition) is 4. The van der Waals surface area contributed by atoms with Crippen LogP contribution in [-0.4, -0.2) is 36.2 Å². The molecule has 6 heteroatoms. The van der Waals surface area contributed by atoms with Crippen molar-refractivity contribution in [2.75, 3.05) is 18.1 Å². The Morgan fingerprint density at radius 1 is 1.40 bits per heavy atom. The molecule has 3 rings (SSSR count). The zero-order chi connectivity index (χ0) is 14.2. The van der Waals surface area contributed by atoms with Crippen molar-refractivity contribution in [2.24, 2.45) is 11.1 Å². The summed E-state index contributed by atoms with van der Waals surface area (Å²) in [7, 11) is -2.91. The Labute approximate surface area is 120 Å². The van der Waals surface area contributed by atoms with E-state index in [0.29, 0.717) is 25.4 Å². The second-order valence-electron chi connectivity index (χ2n) is 6.45. The highest BCUT2D eigenvalue weighted by atomic mass is 32.2. The molecule has 1 aliphatic heterocycles. The van der Waals surface area contributed by atoms with E-state index >= 15 is 0 Å². The van der Waals surface area contributed by atoms with Crippen LogP contribution >= 0.6 is 0 Å². The summed E-state index contributed by atoms with van der Waals surface area (Å²) in [5.41, 5.74) is 6.56. The molecule has 2 heterocycles. The second-order valence-corrected chi connectivity index (χ2v) is 8.63. The standard InChI is InChI=1S/C14H23N3O2S/c15-10-14(6-8-20(18,19)11-14)9-12-5-7-17(16-12)13-3-1-2-4-13/h5,7,13H,1-4,6,8-11,15H2. The highest BCUT2D eigenvalue weighted by Gasteiger charge is 2.41. The van der Waals surface area contributed by atoms with Gasteiger partial charge in [0.25, 0.3) is 0 Å². The maximum absolute atomic E-state index is 11.7. The van der Waals surface area contributed by atoms with Crippen LogP contribution in [-0.2, 0) is 16.3 Å². The Morgan fingerprint density at radius 3 is 2.75 bits per heavy atom. The molecule has 2 fully saturated rings. The van der Waals surface area contributed by atoms with Gasteiger partial charge in [-0.1, -0.05) is 12.8 Å². The lowest BCUT2D eigenvalue weighted by molar-refractivity contribution is 0.337. The Balaban J connectivity index is 1.73. The lowest BCUT2D eigenvalue weighted by Gasteiger charge is -2.24. The first-order chi connectivity index (χ1) is 9.52. The minimum absolute atomic E-state index is 0.215. The summed E-state index contributed by atoms with van der Waals surface area (Å²) in [5, 5.41) is 4.66. The van der Waals surface area contributed by atoms with E-state index in [1.165, 1.54) is 25.7 Å². The van der Waals surface area contributed by atoms with Gasteiger partial charge in [-0.3, -0.25) is 4.68 Å². The number of rotatable bonds is 4. The molecule has 1 saturated carbocycles. The van der Waals surface area contributed by atoms with Crippen LogP contribution in [0.3, 0.4) is 0 Å². The maximum Gasteiger partial charge on any atom is 0.150 e. The predicted molar refractivity (Wildman–Crippen MR) is 78.2 cm³/mol. The molecule has 20 heavy (non-hydrogen) atoms. The molecule has 0 aromatic carbocycles. The van der Waals surface area contributed by atoms with E-state index in [9.17, 15) is 8.42 Å². The SMILES string of the molecule is NCC1(Cc2ccn(C3CCCC3)n2)CCS(=O)(=O)C1. The predicted octanol–water partition coefficient (Wildman–Crippen LogP) is 1.30. The molecule has 0 bridgehead atoms. The molecule has 1 aromatic rings. The normalized spacial score (nSPS) is 30.1. The summed E-state index contributed by atoms with van der Waals surface area (Å²) in [6, 6.07) is 2.56. The van der Waals surface area contributed by atoms with Gasteiger partial charge in [-0.2, -0.15) is 5.10 Å². The Bertz CT molecular complexity index is 575. The lowest BCUT2D eigenvalue weighted by atomic mass is 9.83. The third kappa shape index (κ3) is 2.76. The number of hydrogen-bond donors (Lipinski definition) is 1. The van der Waals surface area contributed by atoms with Crippen LogP contribution in [0, 0.1) is 5.41 Å². The van der Waals surface area contributed by atoms with Crippen molar-refractivity contribution in [3.8, 4) is 0 Å². The van der Waals surface area contributed by atoms with Crippen molar-refractivity contribution in [3.63, 3.8) is 0 Å². The van der Waals surface area contributed by atoms with Crippen LogP contribution in [0.15, 0.2) is 12.3 Å². The van der Waals surface area contributed by atoms with Crippen molar-refractivity contribution in [2.45, 2.75) is 44.6 Å². The van der Waals surface area contributed by atoms with Gasteiger partial charge in [0.15, 0.2) is 9.84 Å². The summed E-state index contributed by atoms with van der Waals surface area (Å²) in [6.45, 7) is 0.419. The molecule has 1 aliphatic carbocycles. The van der Waals surface area contributed by atoms with Crippen LogP contribution in [0.1, 0.15) is 43.8 Å². The molecule has 5 nitrogen and oxygen atoms in total. The van der Waals surface area contributed by atoms with Crippen LogP contribution < -0.4 is 5.73 Å². The first kappa shape index (κ1) is 14.1. The van der Waals surface area contributed by atoms with Gasteiger partial charge in [0, 0.05) is 11.6 Å². The summed E-state index contributed by atoms with van der Waals surface area (Å²) >= 11 is 0. The van der Waals surface area contributed by atoms with E-state index in [4.69, 9.17) is 5.73 Å². The fourth-order valence-electron chi connectivity index (χ4n) is 3.58. The smallest absolute Gasteiger partial charge is 0.150 e. The van der Waals surface area contributed by atoms with E-state index in [1.54, 1.807) is 0 Å². The van der Waals surface area contributed by atoms with Crippen molar-refractivity contribution in [1.82, 2.24) is 9.78 Å². The molecule has 2 N–H and O–H groups in total. The van der Waals surface area contributed by atoms with Crippen molar-refractivity contribution in [1.29, 1.82) is 0 Å². The van der Waals surface area contributed by atoms with Crippen molar-refractivity contribution < 1.29 is 8.42 Å². The molecule has 1 unspecified atom stereocenters. The summed E-state index contributed by atoms with van der Waals surface area (Å²) in [5.74, 6) is 0.486. The summed E-state index contributed by atoms with van der Waals surface area (Å²) in [6.07, 6.45) is 8.37. The van der Waals surface area contributed by atoms with Crippen LogP contribution in [0.4, 0.5) is 0 Å². The second kappa shape index (κ2) is 5.15. The van der Waals surface area contributed by atoms with Crippen LogP contribution in [0.25, 0.3) is 0 Å². The lowest BCUT2D eigenvalue weighted by Crippen LogP contribution is -2.34. The summed E-state index contributed by atoms with van der Waals surface area (Å²) < 4.78 is 25.5. The zero-order valence-electron chi connectivity index (χ0n) is 11.8. The van der Waals surface area contributed by atoms with Gasteiger partial charge in [-0.05, 0) is 38.3 Å². The largest absolute Gasteiger partial charge is 0.330 e. The molecule has 1 atom stereocenters. The van der Waals surface area contributed by atoms with Gasteiger partial charge >= 0.3 is 0 Å². The average molecular weight is 297 g/mol. The Kier molecular flexibility index (Phi) is 3.62. The topological polar surface area (TPSA) is 78.0 Å².